The van der Waals surface area contributed by atoms with Crippen LogP contribution in [0.1, 0.15) is 19.8 Å². The lowest BCUT2D eigenvalue weighted by Crippen LogP contribution is -2.52. The molecule has 0 saturated carbocycles. The number of carbonyl (C=O) groups excluding carboxylic acids is 2. The van der Waals surface area contributed by atoms with Crippen LogP contribution in [0, 0.1) is 5.41 Å². The lowest BCUT2D eigenvalue weighted by molar-refractivity contribution is -0.215. The van der Waals surface area contributed by atoms with Crippen molar-refractivity contribution >= 4 is 11.8 Å². The quantitative estimate of drug-likeness (QED) is 0.673. The van der Waals surface area contributed by atoms with Crippen LogP contribution in [-0.2, 0) is 9.59 Å². The summed E-state index contributed by atoms with van der Waals surface area (Å²) in [7, 11) is 0. The predicted octanol–water partition coefficient (Wildman–Crippen LogP) is 0.171. The molecule has 0 aromatic heterocycles. The van der Waals surface area contributed by atoms with Gasteiger partial charge in [-0.3, -0.25) is 9.59 Å². The first-order chi connectivity index (χ1) is 8.83. The molecule has 0 aliphatic carbocycles. The second kappa shape index (κ2) is 6.23. The molecule has 110 valence electrons. The Kier molecular flexibility index (Phi) is 5.16. The number of hydrogen-bond acceptors (Lipinski definition) is 3. The second-order valence-electron chi connectivity index (χ2n) is 4.47. The van der Waals surface area contributed by atoms with E-state index < -0.39 is 24.0 Å². The van der Waals surface area contributed by atoms with Crippen LogP contribution >= 0.6 is 0 Å². The van der Waals surface area contributed by atoms with Gasteiger partial charge in [-0.1, -0.05) is 0 Å². The third kappa shape index (κ3) is 3.59. The highest BCUT2D eigenvalue weighted by atomic mass is 19.4. The molecule has 1 unspecified atom stereocenters. The smallest absolute Gasteiger partial charge is 0.356 e. The van der Waals surface area contributed by atoms with Gasteiger partial charge in [0.15, 0.2) is 5.41 Å². The SMILES string of the molecule is CCNC(=O)CCNC(=O)C1(C(F)(F)F)CCNC1. The fourth-order valence-corrected chi connectivity index (χ4v) is 2.00. The summed E-state index contributed by atoms with van der Waals surface area (Å²) in [5.74, 6) is -1.36. The van der Waals surface area contributed by atoms with E-state index in [2.05, 4.69) is 16.0 Å². The van der Waals surface area contributed by atoms with E-state index in [0.717, 1.165) is 0 Å². The molecule has 1 aliphatic heterocycles. The lowest BCUT2D eigenvalue weighted by Gasteiger charge is -2.29. The van der Waals surface area contributed by atoms with Crippen molar-refractivity contribution in [2.45, 2.75) is 25.9 Å². The molecule has 1 saturated heterocycles. The number of hydrogen-bond donors (Lipinski definition) is 3. The first-order valence-electron chi connectivity index (χ1n) is 6.16. The number of carbonyl (C=O) groups is 2. The normalized spacial score (nSPS) is 23.2. The topological polar surface area (TPSA) is 70.2 Å². The molecule has 1 atom stereocenters. The molecule has 0 bridgehead atoms. The molecule has 1 heterocycles. The number of halogens is 3. The maximum absolute atomic E-state index is 13.0. The highest BCUT2D eigenvalue weighted by Gasteiger charge is 2.61. The van der Waals surface area contributed by atoms with E-state index in [1.807, 2.05) is 0 Å². The fourth-order valence-electron chi connectivity index (χ4n) is 2.00. The minimum absolute atomic E-state index is 0.0268. The number of rotatable bonds is 5. The van der Waals surface area contributed by atoms with Crippen molar-refractivity contribution in [2.75, 3.05) is 26.2 Å². The molecule has 8 heteroatoms. The van der Waals surface area contributed by atoms with Crippen molar-refractivity contribution in [3.8, 4) is 0 Å². The molecular weight excluding hydrogens is 263 g/mol. The van der Waals surface area contributed by atoms with Gasteiger partial charge in [0.25, 0.3) is 0 Å². The Bertz CT molecular complexity index is 339. The summed E-state index contributed by atoms with van der Waals surface area (Å²) in [4.78, 5) is 22.9. The van der Waals surface area contributed by atoms with Crippen LogP contribution in [-0.4, -0.2) is 44.2 Å². The zero-order valence-corrected chi connectivity index (χ0v) is 10.7. The number of nitrogens with one attached hydrogen (secondary N) is 3. The standard InChI is InChI=1S/C11H18F3N3O2/c1-2-16-8(18)3-5-17-9(19)10(11(12,13)14)4-6-15-7-10/h15H,2-7H2,1H3,(H,16,18)(H,17,19). The van der Waals surface area contributed by atoms with Crippen LogP contribution < -0.4 is 16.0 Å². The van der Waals surface area contributed by atoms with Crippen LogP contribution in [0.5, 0.6) is 0 Å². The van der Waals surface area contributed by atoms with Gasteiger partial charge in [0.05, 0.1) is 0 Å². The fraction of sp³-hybridized carbons (Fsp3) is 0.818. The summed E-state index contributed by atoms with van der Waals surface area (Å²) in [6, 6.07) is 0. The summed E-state index contributed by atoms with van der Waals surface area (Å²) < 4.78 is 39.0. The number of alkyl halides is 3. The van der Waals surface area contributed by atoms with Gasteiger partial charge < -0.3 is 16.0 Å². The van der Waals surface area contributed by atoms with Crippen molar-refractivity contribution in [1.82, 2.24) is 16.0 Å². The zero-order chi connectivity index (χ0) is 14.5. The van der Waals surface area contributed by atoms with Gasteiger partial charge in [0.1, 0.15) is 0 Å². The minimum Gasteiger partial charge on any atom is -0.356 e. The average Bonchev–Trinajstić information content (AvgIpc) is 2.78. The van der Waals surface area contributed by atoms with Crippen molar-refractivity contribution in [3.05, 3.63) is 0 Å². The molecule has 0 aromatic rings. The monoisotopic (exact) mass is 281 g/mol. The van der Waals surface area contributed by atoms with E-state index in [9.17, 15) is 22.8 Å². The van der Waals surface area contributed by atoms with Crippen LogP contribution in [0.3, 0.4) is 0 Å². The highest BCUT2D eigenvalue weighted by Crippen LogP contribution is 2.43. The summed E-state index contributed by atoms with van der Waals surface area (Å²) in [5, 5.41) is 7.27. The van der Waals surface area contributed by atoms with Crippen molar-refractivity contribution in [3.63, 3.8) is 0 Å². The zero-order valence-electron chi connectivity index (χ0n) is 10.7. The minimum atomic E-state index is -4.59. The lowest BCUT2D eigenvalue weighted by atomic mass is 9.85. The third-order valence-corrected chi connectivity index (χ3v) is 3.14. The number of amides is 2. The van der Waals surface area contributed by atoms with E-state index >= 15 is 0 Å². The van der Waals surface area contributed by atoms with Gasteiger partial charge in [-0.05, 0) is 19.9 Å². The molecule has 1 rings (SSSR count). The van der Waals surface area contributed by atoms with Gasteiger partial charge in [0, 0.05) is 26.1 Å². The van der Waals surface area contributed by atoms with Gasteiger partial charge in [-0.2, -0.15) is 13.2 Å². The molecule has 1 fully saturated rings. The van der Waals surface area contributed by atoms with Crippen LogP contribution in [0.25, 0.3) is 0 Å². The van der Waals surface area contributed by atoms with Gasteiger partial charge in [0.2, 0.25) is 11.8 Å². The molecule has 5 nitrogen and oxygen atoms in total. The molecule has 19 heavy (non-hydrogen) atoms. The Morgan fingerprint density at radius 1 is 1.32 bits per heavy atom. The van der Waals surface area contributed by atoms with E-state index in [-0.39, 0.29) is 31.8 Å². The largest absolute Gasteiger partial charge is 0.404 e. The molecule has 1 aliphatic rings. The summed E-state index contributed by atoms with van der Waals surface area (Å²) in [6.07, 6.45) is -4.89. The maximum Gasteiger partial charge on any atom is 0.404 e. The second-order valence-corrected chi connectivity index (χ2v) is 4.47. The van der Waals surface area contributed by atoms with E-state index in [0.29, 0.717) is 6.54 Å². The Balaban J connectivity index is 2.53. The van der Waals surface area contributed by atoms with Gasteiger partial charge >= 0.3 is 6.18 Å². The Labute approximate surface area is 109 Å². The van der Waals surface area contributed by atoms with Crippen molar-refractivity contribution in [1.29, 1.82) is 0 Å². The Hall–Kier alpha value is -1.31. The molecule has 2 amide bonds. The Morgan fingerprint density at radius 3 is 2.47 bits per heavy atom. The maximum atomic E-state index is 13.0. The van der Waals surface area contributed by atoms with E-state index in [1.54, 1.807) is 6.92 Å². The molecule has 3 N–H and O–H groups in total. The predicted molar refractivity (Wildman–Crippen MR) is 62.3 cm³/mol. The first kappa shape index (κ1) is 15.7. The third-order valence-electron chi connectivity index (χ3n) is 3.14. The average molecular weight is 281 g/mol. The van der Waals surface area contributed by atoms with Crippen LogP contribution in [0.15, 0.2) is 0 Å². The van der Waals surface area contributed by atoms with E-state index in [4.69, 9.17) is 0 Å². The summed E-state index contributed by atoms with van der Waals surface area (Å²) >= 11 is 0. The van der Waals surface area contributed by atoms with Gasteiger partial charge in [-0.25, -0.2) is 0 Å². The van der Waals surface area contributed by atoms with Crippen LogP contribution in [0.2, 0.25) is 0 Å². The summed E-state index contributed by atoms with van der Waals surface area (Å²) in [5.41, 5.74) is -2.37. The summed E-state index contributed by atoms with van der Waals surface area (Å²) in [6.45, 7) is 1.83. The van der Waals surface area contributed by atoms with Crippen LogP contribution in [0.4, 0.5) is 13.2 Å². The molecule has 0 spiro atoms. The van der Waals surface area contributed by atoms with Gasteiger partial charge in [-0.15, -0.1) is 0 Å². The molecule has 0 radical (unpaired) electrons. The van der Waals surface area contributed by atoms with E-state index in [1.165, 1.54) is 0 Å². The highest BCUT2D eigenvalue weighted by molar-refractivity contribution is 5.85. The first-order valence-corrected chi connectivity index (χ1v) is 6.16. The molecule has 0 aromatic carbocycles. The molecular formula is C11H18F3N3O2. The Morgan fingerprint density at radius 2 is 2.00 bits per heavy atom. The van der Waals surface area contributed by atoms with Crippen molar-refractivity contribution < 1.29 is 22.8 Å². The van der Waals surface area contributed by atoms with Crippen molar-refractivity contribution in [2.24, 2.45) is 5.41 Å².